The van der Waals surface area contributed by atoms with Gasteiger partial charge in [-0.05, 0) is 12.3 Å². The first-order chi connectivity index (χ1) is 3.84. The molecule has 0 amide bonds. The number of aliphatic hydroxyl groups is 1. The Kier molecular flexibility index (Phi) is 1.86. The lowest BCUT2D eigenvalue weighted by Gasteiger charge is -2.08. The molecular formula is C6H12O2. The Balaban J connectivity index is 2.30. The summed E-state index contributed by atoms with van der Waals surface area (Å²) in [6, 6.07) is 0. The summed E-state index contributed by atoms with van der Waals surface area (Å²) in [5.74, 6) is 0.556. The minimum absolute atomic E-state index is 0.120. The van der Waals surface area contributed by atoms with Gasteiger partial charge in [0, 0.05) is 6.61 Å². The van der Waals surface area contributed by atoms with Gasteiger partial charge < -0.3 is 9.84 Å². The van der Waals surface area contributed by atoms with Crippen LogP contribution >= 0.6 is 0 Å². The minimum atomic E-state index is 0.120. The molecule has 0 unspecified atom stereocenters. The maximum Gasteiger partial charge on any atom is 0.0832 e. The van der Waals surface area contributed by atoms with E-state index in [1.54, 1.807) is 0 Å². The summed E-state index contributed by atoms with van der Waals surface area (Å²) in [6.07, 6.45) is 1.22. The van der Waals surface area contributed by atoms with Crippen molar-refractivity contribution >= 4 is 0 Å². The molecule has 1 fully saturated rings. The number of aliphatic hydroxyl groups excluding tert-OH is 1. The molecule has 2 heteroatoms. The second-order valence-electron chi connectivity index (χ2n) is 2.36. The Morgan fingerprint density at radius 3 is 2.75 bits per heavy atom. The normalized spacial score (nSPS) is 38.2. The van der Waals surface area contributed by atoms with Gasteiger partial charge in [0.2, 0.25) is 0 Å². The van der Waals surface area contributed by atoms with Crippen molar-refractivity contribution < 1.29 is 9.84 Å². The molecule has 1 N–H and O–H groups in total. The minimum Gasteiger partial charge on any atom is -0.394 e. The van der Waals surface area contributed by atoms with Crippen LogP contribution in [0.4, 0.5) is 0 Å². The SMILES string of the molecule is C[C@H]1CCO[C@@H]1CO. The van der Waals surface area contributed by atoms with Gasteiger partial charge in [0.15, 0.2) is 0 Å². The van der Waals surface area contributed by atoms with E-state index >= 15 is 0 Å². The third-order valence-electron chi connectivity index (χ3n) is 1.72. The van der Waals surface area contributed by atoms with Crippen LogP contribution in [-0.4, -0.2) is 24.4 Å². The number of hydrogen-bond acceptors (Lipinski definition) is 2. The fourth-order valence-electron chi connectivity index (χ4n) is 0.988. The van der Waals surface area contributed by atoms with Gasteiger partial charge in [0.1, 0.15) is 0 Å². The van der Waals surface area contributed by atoms with Crippen molar-refractivity contribution in [3.8, 4) is 0 Å². The molecule has 0 aromatic carbocycles. The Labute approximate surface area is 49.5 Å². The van der Waals surface area contributed by atoms with Crippen LogP contribution in [0.2, 0.25) is 0 Å². The lowest BCUT2D eigenvalue weighted by Crippen LogP contribution is -2.17. The van der Waals surface area contributed by atoms with Gasteiger partial charge in [-0.25, -0.2) is 0 Å². The highest BCUT2D eigenvalue weighted by molar-refractivity contribution is 4.70. The van der Waals surface area contributed by atoms with Gasteiger partial charge in [0.05, 0.1) is 12.7 Å². The predicted octanol–water partition coefficient (Wildman–Crippen LogP) is 0.404. The van der Waals surface area contributed by atoms with Gasteiger partial charge in [-0.15, -0.1) is 0 Å². The van der Waals surface area contributed by atoms with Gasteiger partial charge in [-0.2, -0.15) is 0 Å². The Morgan fingerprint density at radius 2 is 2.50 bits per heavy atom. The molecular weight excluding hydrogens is 104 g/mol. The standard InChI is InChI=1S/C6H12O2/c1-5-2-3-8-6(5)4-7/h5-7H,2-4H2,1H3/t5-,6+/m0/s1. The van der Waals surface area contributed by atoms with Gasteiger partial charge >= 0.3 is 0 Å². The van der Waals surface area contributed by atoms with E-state index in [-0.39, 0.29) is 12.7 Å². The van der Waals surface area contributed by atoms with Crippen LogP contribution in [0.3, 0.4) is 0 Å². The van der Waals surface area contributed by atoms with E-state index in [2.05, 4.69) is 6.92 Å². The molecule has 2 atom stereocenters. The summed E-state index contributed by atoms with van der Waals surface area (Å²) in [7, 11) is 0. The second kappa shape index (κ2) is 2.46. The monoisotopic (exact) mass is 116 g/mol. The molecule has 0 saturated carbocycles. The Bertz CT molecular complexity index is 72.9. The zero-order chi connectivity index (χ0) is 5.98. The first-order valence-corrected chi connectivity index (χ1v) is 3.07. The van der Waals surface area contributed by atoms with E-state index < -0.39 is 0 Å². The van der Waals surface area contributed by atoms with E-state index in [1.807, 2.05) is 0 Å². The largest absolute Gasteiger partial charge is 0.394 e. The fraction of sp³-hybridized carbons (Fsp3) is 1.00. The van der Waals surface area contributed by atoms with Crippen molar-refractivity contribution in [2.45, 2.75) is 19.4 Å². The van der Waals surface area contributed by atoms with Gasteiger partial charge in [-0.1, -0.05) is 6.92 Å². The van der Waals surface area contributed by atoms with Gasteiger partial charge in [0.25, 0.3) is 0 Å². The molecule has 0 bridgehead atoms. The molecule has 1 saturated heterocycles. The van der Waals surface area contributed by atoms with Crippen LogP contribution in [0, 0.1) is 5.92 Å². The van der Waals surface area contributed by atoms with Crippen molar-refractivity contribution in [2.75, 3.05) is 13.2 Å². The van der Waals surface area contributed by atoms with Crippen molar-refractivity contribution in [3.63, 3.8) is 0 Å². The molecule has 2 nitrogen and oxygen atoms in total. The number of hydrogen-bond donors (Lipinski definition) is 1. The van der Waals surface area contributed by atoms with E-state index in [0.29, 0.717) is 5.92 Å². The van der Waals surface area contributed by atoms with Crippen LogP contribution in [0.1, 0.15) is 13.3 Å². The molecule has 8 heavy (non-hydrogen) atoms. The van der Waals surface area contributed by atoms with E-state index in [1.165, 1.54) is 0 Å². The van der Waals surface area contributed by atoms with Crippen molar-refractivity contribution in [1.82, 2.24) is 0 Å². The first-order valence-electron chi connectivity index (χ1n) is 3.07. The van der Waals surface area contributed by atoms with Crippen LogP contribution < -0.4 is 0 Å². The average Bonchev–Trinajstić information content (AvgIpc) is 2.14. The summed E-state index contributed by atoms with van der Waals surface area (Å²) in [5.41, 5.74) is 0. The Morgan fingerprint density at radius 1 is 1.75 bits per heavy atom. The Hall–Kier alpha value is -0.0800. The molecule has 1 rings (SSSR count). The molecule has 1 aliphatic heterocycles. The smallest absolute Gasteiger partial charge is 0.0832 e. The first kappa shape index (κ1) is 6.05. The lowest BCUT2D eigenvalue weighted by atomic mass is 10.1. The molecule has 1 aliphatic rings. The third kappa shape index (κ3) is 1.01. The summed E-state index contributed by atoms with van der Waals surface area (Å²) >= 11 is 0. The molecule has 0 aliphatic carbocycles. The van der Waals surface area contributed by atoms with Crippen LogP contribution in [0.25, 0.3) is 0 Å². The summed E-state index contributed by atoms with van der Waals surface area (Å²) in [4.78, 5) is 0. The highest BCUT2D eigenvalue weighted by Crippen LogP contribution is 2.18. The summed E-state index contributed by atoms with van der Waals surface area (Å²) < 4.78 is 5.16. The zero-order valence-electron chi connectivity index (χ0n) is 5.13. The number of rotatable bonds is 1. The van der Waals surface area contributed by atoms with Crippen molar-refractivity contribution in [2.24, 2.45) is 5.92 Å². The third-order valence-corrected chi connectivity index (χ3v) is 1.72. The fourth-order valence-corrected chi connectivity index (χ4v) is 0.988. The average molecular weight is 116 g/mol. The zero-order valence-corrected chi connectivity index (χ0v) is 5.13. The molecule has 48 valence electrons. The number of ether oxygens (including phenoxy) is 1. The summed E-state index contributed by atoms with van der Waals surface area (Å²) in [5, 5.41) is 8.61. The molecule has 1 heterocycles. The molecule has 0 aromatic heterocycles. The lowest BCUT2D eigenvalue weighted by molar-refractivity contribution is 0.0431. The molecule has 0 spiro atoms. The summed E-state index contributed by atoms with van der Waals surface area (Å²) in [6.45, 7) is 3.11. The maximum absolute atomic E-state index is 8.61. The topological polar surface area (TPSA) is 29.5 Å². The van der Waals surface area contributed by atoms with E-state index in [0.717, 1.165) is 13.0 Å². The quantitative estimate of drug-likeness (QED) is 0.537. The van der Waals surface area contributed by atoms with E-state index in [9.17, 15) is 0 Å². The van der Waals surface area contributed by atoms with Crippen molar-refractivity contribution in [1.29, 1.82) is 0 Å². The maximum atomic E-state index is 8.61. The highest BCUT2D eigenvalue weighted by Gasteiger charge is 2.22. The second-order valence-corrected chi connectivity index (χ2v) is 2.36. The predicted molar refractivity (Wildman–Crippen MR) is 30.6 cm³/mol. The molecule has 0 aromatic rings. The molecule has 0 radical (unpaired) electrons. The van der Waals surface area contributed by atoms with Crippen LogP contribution in [-0.2, 0) is 4.74 Å². The van der Waals surface area contributed by atoms with Crippen molar-refractivity contribution in [3.05, 3.63) is 0 Å². The van der Waals surface area contributed by atoms with Crippen LogP contribution in [0.5, 0.6) is 0 Å². The van der Waals surface area contributed by atoms with Crippen LogP contribution in [0.15, 0.2) is 0 Å². The highest BCUT2D eigenvalue weighted by atomic mass is 16.5. The van der Waals surface area contributed by atoms with E-state index in [4.69, 9.17) is 9.84 Å². The van der Waals surface area contributed by atoms with Gasteiger partial charge in [-0.3, -0.25) is 0 Å².